The summed E-state index contributed by atoms with van der Waals surface area (Å²) in [5.74, 6) is 2.49. The summed E-state index contributed by atoms with van der Waals surface area (Å²) in [5, 5.41) is 4.03. The molecule has 1 aliphatic rings. The molecule has 1 aromatic heterocycles. The molecule has 2 N–H and O–H groups in total. The molecule has 0 atom stereocenters. The Morgan fingerprint density at radius 1 is 1.35 bits per heavy atom. The fourth-order valence-electron chi connectivity index (χ4n) is 2.02. The van der Waals surface area contributed by atoms with Crippen LogP contribution in [0.3, 0.4) is 0 Å². The topological polar surface area (TPSA) is 64.9 Å². The van der Waals surface area contributed by atoms with Crippen molar-refractivity contribution in [1.29, 1.82) is 0 Å². The van der Waals surface area contributed by atoms with Gasteiger partial charge in [-0.3, -0.25) is 0 Å². The summed E-state index contributed by atoms with van der Waals surface area (Å²) in [6.45, 7) is 5.21. The Labute approximate surface area is 103 Å². The lowest BCUT2D eigenvalue weighted by Gasteiger charge is -2.22. The zero-order valence-corrected chi connectivity index (χ0v) is 10.9. The van der Waals surface area contributed by atoms with Crippen molar-refractivity contribution in [1.82, 2.24) is 10.1 Å². The Balaban J connectivity index is 1.79. The van der Waals surface area contributed by atoms with Crippen LogP contribution in [0.1, 0.15) is 51.2 Å². The molecule has 0 radical (unpaired) electrons. The fraction of sp³-hybridized carbons (Fsp3) is 0.846. The van der Waals surface area contributed by atoms with Gasteiger partial charge in [0.05, 0.1) is 0 Å². The van der Waals surface area contributed by atoms with E-state index < -0.39 is 0 Å². The van der Waals surface area contributed by atoms with E-state index in [1.54, 1.807) is 0 Å². The molecular formula is C13H23N3O. The van der Waals surface area contributed by atoms with Gasteiger partial charge in [0, 0.05) is 12.8 Å². The van der Waals surface area contributed by atoms with Crippen molar-refractivity contribution in [2.24, 2.45) is 17.1 Å². The van der Waals surface area contributed by atoms with E-state index in [1.165, 1.54) is 12.8 Å². The molecule has 96 valence electrons. The monoisotopic (exact) mass is 237 g/mol. The van der Waals surface area contributed by atoms with Crippen LogP contribution in [-0.4, -0.2) is 16.7 Å². The van der Waals surface area contributed by atoms with Crippen molar-refractivity contribution in [3.05, 3.63) is 11.7 Å². The van der Waals surface area contributed by atoms with Crippen molar-refractivity contribution in [3.63, 3.8) is 0 Å². The molecule has 0 unspecified atom stereocenters. The minimum absolute atomic E-state index is 0.264. The van der Waals surface area contributed by atoms with Crippen LogP contribution in [0.5, 0.6) is 0 Å². The van der Waals surface area contributed by atoms with Gasteiger partial charge in [0.15, 0.2) is 5.82 Å². The molecule has 0 bridgehead atoms. The molecule has 1 aliphatic carbocycles. The molecule has 1 heterocycles. The van der Waals surface area contributed by atoms with Gasteiger partial charge in [-0.25, -0.2) is 0 Å². The Kier molecular flexibility index (Phi) is 3.82. The lowest BCUT2D eigenvalue weighted by molar-refractivity contribution is 0.288. The van der Waals surface area contributed by atoms with E-state index in [-0.39, 0.29) is 5.41 Å². The molecular weight excluding hydrogens is 214 g/mol. The highest BCUT2D eigenvalue weighted by molar-refractivity contribution is 4.92. The minimum atomic E-state index is 0.264. The van der Waals surface area contributed by atoms with E-state index in [2.05, 4.69) is 24.0 Å². The van der Waals surface area contributed by atoms with Crippen molar-refractivity contribution < 1.29 is 4.52 Å². The molecule has 4 nitrogen and oxygen atoms in total. The van der Waals surface area contributed by atoms with Crippen LogP contribution in [0.25, 0.3) is 0 Å². The number of rotatable bonds is 7. The fourth-order valence-corrected chi connectivity index (χ4v) is 2.02. The third-order valence-electron chi connectivity index (χ3n) is 3.52. The summed E-state index contributed by atoms with van der Waals surface area (Å²) >= 11 is 0. The summed E-state index contributed by atoms with van der Waals surface area (Å²) in [6.07, 6.45) is 6.60. The molecule has 17 heavy (non-hydrogen) atoms. The van der Waals surface area contributed by atoms with Gasteiger partial charge in [-0.2, -0.15) is 4.98 Å². The van der Waals surface area contributed by atoms with Crippen LogP contribution >= 0.6 is 0 Å². The van der Waals surface area contributed by atoms with Crippen molar-refractivity contribution in [3.8, 4) is 0 Å². The smallest absolute Gasteiger partial charge is 0.226 e. The van der Waals surface area contributed by atoms with Crippen molar-refractivity contribution >= 4 is 0 Å². The lowest BCUT2D eigenvalue weighted by atomic mass is 9.84. The first-order valence-electron chi connectivity index (χ1n) is 6.60. The number of hydrogen-bond donors (Lipinski definition) is 1. The van der Waals surface area contributed by atoms with Gasteiger partial charge in [0.1, 0.15) is 0 Å². The average Bonchev–Trinajstić information content (AvgIpc) is 2.94. The van der Waals surface area contributed by atoms with E-state index in [9.17, 15) is 0 Å². The Morgan fingerprint density at radius 2 is 2.12 bits per heavy atom. The normalized spacial score (nSPS) is 16.4. The van der Waals surface area contributed by atoms with Crippen LogP contribution in [0.15, 0.2) is 4.52 Å². The second-order valence-corrected chi connectivity index (χ2v) is 5.95. The van der Waals surface area contributed by atoms with Gasteiger partial charge in [0.25, 0.3) is 0 Å². The third kappa shape index (κ3) is 4.11. The summed E-state index contributed by atoms with van der Waals surface area (Å²) in [5.41, 5.74) is 5.86. The van der Waals surface area contributed by atoms with E-state index in [0.717, 1.165) is 49.9 Å². The molecule has 4 heteroatoms. The average molecular weight is 237 g/mol. The molecule has 2 rings (SSSR count). The van der Waals surface area contributed by atoms with E-state index >= 15 is 0 Å². The first-order chi connectivity index (χ1) is 8.09. The maximum absolute atomic E-state index is 5.60. The van der Waals surface area contributed by atoms with Gasteiger partial charge in [-0.05, 0) is 43.6 Å². The number of aryl methyl sites for hydroxylation is 1. The van der Waals surface area contributed by atoms with Crippen molar-refractivity contribution in [2.75, 3.05) is 6.54 Å². The summed E-state index contributed by atoms with van der Waals surface area (Å²) in [6, 6.07) is 0. The molecule has 0 saturated heterocycles. The zero-order valence-electron chi connectivity index (χ0n) is 10.9. The highest BCUT2D eigenvalue weighted by atomic mass is 16.5. The maximum atomic E-state index is 5.60. The molecule has 1 fully saturated rings. The number of nitrogens with zero attached hydrogens (tertiary/aromatic N) is 2. The molecule has 0 aliphatic heterocycles. The maximum Gasteiger partial charge on any atom is 0.226 e. The highest BCUT2D eigenvalue weighted by Crippen LogP contribution is 2.32. The first-order valence-corrected chi connectivity index (χ1v) is 6.60. The predicted octanol–water partition coefficient (Wildman–Crippen LogP) is 2.33. The SMILES string of the molecule is CC(C)(CCN)CCc1nc(CC2CC2)no1. The second-order valence-electron chi connectivity index (χ2n) is 5.95. The molecule has 0 spiro atoms. The highest BCUT2D eigenvalue weighted by Gasteiger charge is 2.24. The van der Waals surface area contributed by atoms with E-state index in [1.807, 2.05) is 0 Å². The Morgan fingerprint density at radius 3 is 2.76 bits per heavy atom. The van der Waals surface area contributed by atoms with Crippen LogP contribution in [0.2, 0.25) is 0 Å². The van der Waals surface area contributed by atoms with Crippen molar-refractivity contribution in [2.45, 2.75) is 52.4 Å². The predicted molar refractivity (Wildman–Crippen MR) is 66.5 cm³/mol. The van der Waals surface area contributed by atoms with Crippen LogP contribution in [-0.2, 0) is 12.8 Å². The van der Waals surface area contributed by atoms with E-state index in [4.69, 9.17) is 10.3 Å². The standard InChI is InChI=1S/C13H23N3O/c1-13(2,7-8-14)6-5-12-15-11(16-17-12)9-10-3-4-10/h10H,3-9,14H2,1-2H3. The van der Waals surface area contributed by atoms with Crippen LogP contribution < -0.4 is 5.73 Å². The first kappa shape index (κ1) is 12.6. The second kappa shape index (κ2) is 5.17. The lowest BCUT2D eigenvalue weighted by Crippen LogP contribution is -2.17. The molecule has 0 amide bonds. The van der Waals surface area contributed by atoms with Crippen LogP contribution in [0, 0.1) is 11.3 Å². The summed E-state index contributed by atoms with van der Waals surface area (Å²) < 4.78 is 5.27. The number of hydrogen-bond acceptors (Lipinski definition) is 4. The van der Waals surface area contributed by atoms with Gasteiger partial charge in [-0.15, -0.1) is 0 Å². The van der Waals surface area contributed by atoms with E-state index in [0.29, 0.717) is 0 Å². The van der Waals surface area contributed by atoms with Gasteiger partial charge >= 0.3 is 0 Å². The number of nitrogens with two attached hydrogens (primary N) is 1. The molecule has 0 aromatic carbocycles. The minimum Gasteiger partial charge on any atom is -0.339 e. The zero-order chi connectivity index (χ0) is 12.3. The van der Waals surface area contributed by atoms with Crippen LogP contribution in [0.4, 0.5) is 0 Å². The molecule has 1 saturated carbocycles. The quantitative estimate of drug-likeness (QED) is 0.790. The Hall–Kier alpha value is -0.900. The van der Waals surface area contributed by atoms with Gasteiger partial charge in [-0.1, -0.05) is 19.0 Å². The number of aromatic nitrogens is 2. The Bertz CT molecular complexity index is 355. The largest absolute Gasteiger partial charge is 0.339 e. The molecule has 1 aromatic rings. The van der Waals surface area contributed by atoms with Gasteiger partial charge in [0.2, 0.25) is 5.89 Å². The summed E-state index contributed by atoms with van der Waals surface area (Å²) in [7, 11) is 0. The third-order valence-corrected chi connectivity index (χ3v) is 3.52. The van der Waals surface area contributed by atoms with Gasteiger partial charge < -0.3 is 10.3 Å². The summed E-state index contributed by atoms with van der Waals surface area (Å²) in [4.78, 5) is 4.44.